The van der Waals surface area contributed by atoms with Gasteiger partial charge in [-0.2, -0.15) is 0 Å². The Balaban J connectivity index is 3.06. The first kappa shape index (κ1) is 14.5. The van der Waals surface area contributed by atoms with Gasteiger partial charge in [0, 0.05) is 23.7 Å². The fraction of sp³-hybridized carbons (Fsp3) is 0.400. The Bertz CT molecular complexity index is 461. The largest absolute Gasteiger partial charge is 0.423 e. The molecule has 0 heterocycles. The van der Waals surface area contributed by atoms with Crippen LogP contribution >= 0.6 is 0 Å². The van der Waals surface area contributed by atoms with E-state index in [4.69, 9.17) is 4.74 Å². The molecule has 3 heteroatoms. The predicted molar refractivity (Wildman–Crippen MR) is 71.7 cm³/mol. The number of benzene rings is 1. The Kier molecular flexibility index (Phi) is 5.10. The smallest absolute Gasteiger partial charge is 0.338 e. The van der Waals surface area contributed by atoms with E-state index in [9.17, 15) is 9.90 Å². The van der Waals surface area contributed by atoms with Crippen molar-refractivity contribution in [3.8, 4) is 5.75 Å². The fourth-order valence-electron chi connectivity index (χ4n) is 1.53. The maximum Gasteiger partial charge on any atom is 0.338 e. The van der Waals surface area contributed by atoms with Crippen LogP contribution in [-0.4, -0.2) is 17.7 Å². The molecule has 1 N–H and O–H groups in total. The summed E-state index contributed by atoms with van der Waals surface area (Å²) in [6, 6.07) is 5.66. The molecule has 0 saturated carbocycles. The number of carbonyl (C=O) groups is 1. The van der Waals surface area contributed by atoms with E-state index in [-0.39, 0.29) is 18.5 Å². The summed E-state index contributed by atoms with van der Waals surface area (Å²) in [6.45, 7) is 7.37. The van der Waals surface area contributed by atoms with Gasteiger partial charge in [-0.1, -0.05) is 25.1 Å². The highest BCUT2D eigenvalue weighted by atomic mass is 16.5. The molecule has 0 saturated heterocycles. The first-order valence-corrected chi connectivity index (χ1v) is 6.06. The number of aryl methyl sites for hydroxylation is 1. The Morgan fingerprint density at radius 1 is 1.50 bits per heavy atom. The number of aliphatic hydroxyl groups is 1. The minimum atomic E-state index is -0.352. The number of allylic oxidation sites excluding steroid dienone is 1. The number of ether oxygens (including phenoxy) is 1. The summed E-state index contributed by atoms with van der Waals surface area (Å²) in [5, 5.41) is 9.22. The van der Waals surface area contributed by atoms with Gasteiger partial charge in [0.15, 0.2) is 0 Å². The Morgan fingerprint density at radius 3 is 2.72 bits per heavy atom. The second-order valence-electron chi connectivity index (χ2n) is 4.49. The van der Waals surface area contributed by atoms with Crippen molar-refractivity contribution >= 4 is 5.97 Å². The van der Waals surface area contributed by atoms with Crippen molar-refractivity contribution in [3.05, 3.63) is 41.0 Å². The van der Waals surface area contributed by atoms with Gasteiger partial charge in [-0.25, -0.2) is 4.79 Å². The van der Waals surface area contributed by atoms with Gasteiger partial charge in [-0.15, -0.1) is 0 Å². The molecule has 0 unspecified atom stereocenters. The van der Waals surface area contributed by atoms with Crippen molar-refractivity contribution in [2.24, 2.45) is 0 Å². The van der Waals surface area contributed by atoms with Crippen LogP contribution in [0.3, 0.4) is 0 Å². The van der Waals surface area contributed by atoms with E-state index in [1.165, 1.54) is 0 Å². The molecule has 98 valence electrons. The lowest BCUT2D eigenvalue weighted by Crippen LogP contribution is -2.12. The maximum absolute atomic E-state index is 11.8. The van der Waals surface area contributed by atoms with Crippen molar-refractivity contribution in [1.82, 2.24) is 0 Å². The van der Waals surface area contributed by atoms with Crippen LogP contribution in [0.1, 0.15) is 37.8 Å². The Hall–Kier alpha value is -1.61. The molecule has 0 spiro atoms. The maximum atomic E-state index is 11.8. The van der Waals surface area contributed by atoms with Gasteiger partial charge in [0.25, 0.3) is 0 Å². The lowest BCUT2D eigenvalue weighted by atomic mass is 9.99. The van der Waals surface area contributed by atoms with Crippen molar-refractivity contribution in [3.63, 3.8) is 0 Å². The fourth-order valence-corrected chi connectivity index (χ4v) is 1.53. The molecule has 0 bridgehead atoms. The van der Waals surface area contributed by atoms with Gasteiger partial charge in [-0.3, -0.25) is 0 Å². The third-order valence-corrected chi connectivity index (χ3v) is 2.93. The van der Waals surface area contributed by atoms with Gasteiger partial charge < -0.3 is 9.84 Å². The number of hydrogen-bond acceptors (Lipinski definition) is 3. The van der Waals surface area contributed by atoms with Crippen molar-refractivity contribution in [2.75, 3.05) is 6.61 Å². The number of rotatable bonds is 4. The molecular formula is C15H20O3. The standard InChI is InChI=1S/C15H20O3/c1-5-11(3)15(17)18-14-8-10(2)6-7-13(14)12(4)9-16/h5-8,12,16H,9H2,1-4H3/t12-/m1/s1. The van der Waals surface area contributed by atoms with Crippen LogP contribution in [0.4, 0.5) is 0 Å². The zero-order valence-electron chi connectivity index (χ0n) is 11.4. The first-order valence-electron chi connectivity index (χ1n) is 6.06. The van der Waals surface area contributed by atoms with E-state index < -0.39 is 0 Å². The van der Waals surface area contributed by atoms with Crippen LogP contribution in [0, 0.1) is 6.92 Å². The van der Waals surface area contributed by atoms with Gasteiger partial charge in [-0.05, 0) is 32.4 Å². The van der Waals surface area contributed by atoms with E-state index in [1.807, 2.05) is 32.0 Å². The van der Waals surface area contributed by atoms with E-state index in [2.05, 4.69) is 0 Å². The molecule has 0 fully saturated rings. The molecule has 0 aliphatic rings. The minimum Gasteiger partial charge on any atom is -0.423 e. The molecule has 0 radical (unpaired) electrons. The normalized spacial score (nSPS) is 13.3. The van der Waals surface area contributed by atoms with Gasteiger partial charge >= 0.3 is 5.97 Å². The summed E-state index contributed by atoms with van der Waals surface area (Å²) < 4.78 is 5.38. The van der Waals surface area contributed by atoms with Gasteiger partial charge in [0.2, 0.25) is 0 Å². The molecule has 0 aliphatic carbocycles. The molecule has 0 aromatic heterocycles. The average Bonchev–Trinajstić information content (AvgIpc) is 2.37. The topological polar surface area (TPSA) is 46.5 Å². The van der Waals surface area contributed by atoms with E-state index in [0.717, 1.165) is 11.1 Å². The highest BCUT2D eigenvalue weighted by Gasteiger charge is 2.14. The SMILES string of the molecule is CC=C(C)C(=O)Oc1cc(C)ccc1[C@H](C)CO. The number of aliphatic hydroxyl groups excluding tert-OH is 1. The summed E-state index contributed by atoms with van der Waals surface area (Å²) in [5.74, 6) is 0.122. The second-order valence-corrected chi connectivity index (χ2v) is 4.49. The highest BCUT2D eigenvalue weighted by molar-refractivity contribution is 5.89. The van der Waals surface area contributed by atoms with Crippen LogP contribution in [-0.2, 0) is 4.79 Å². The summed E-state index contributed by atoms with van der Waals surface area (Å²) in [5.41, 5.74) is 2.43. The molecule has 1 aromatic rings. The summed E-state index contributed by atoms with van der Waals surface area (Å²) in [7, 11) is 0. The zero-order chi connectivity index (χ0) is 13.7. The zero-order valence-corrected chi connectivity index (χ0v) is 11.4. The summed E-state index contributed by atoms with van der Waals surface area (Å²) in [6.07, 6.45) is 1.72. The lowest BCUT2D eigenvalue weighted by molar-refractivity contribution is -0.130. The van der Waals surface area contributed by atoms with Crippen molar-refractivity contribution in [1.29, 1.82) is 0 Å². The summed E-state index contributed by atoms with van der Waals surface area (Å²) >= 11 is 0. The van der Waals surface area contributed by atoms with Crippen LogP contribution in [0.5, 0.6) is 5.75 Å². The first-order chi connectivity index (χ1) is 8.49. The third kappa shape index (κ3) is 3.44. The van der Waals surface area contributed by atoms with Crippen LogP contribution < -0.4 is 4.74 Å². The Labute approximate surface area is 108 Å². The Morgan fingerprint density at radius 2 is 2.17 bits per heavy atom. The van der Waals surface area contributed by atoms with Crippen LogP contribution in [0.25, 0.3) is 0 Å². The summed E-state index contributed by atoms with van der Waals surface area (Å²) in [4.78, 5) is 11.8. The number of hydrogen-bond donors (Lipinski definition) is 1. The molecular weight excluding hydrogens is 228 g/mol. The molecule has 1 atom stereocenters. The molecule has 1 rings (SSSR count). The molecule has 3 nitrogen and oxygen atoms in total. The molecule has 0 aliphatic heterocycles. The van der Waals surface area contributed by atoms with E-state index in [1.54, 1.807) is 19.9 Å². The van der Waals surface area contributed by atoms with Crippen molar-refractivity contribution < 1.29 is 14.6 Å². The molecule has 0 amide bonds. The number of carbonyl (C=O) groups excluding carboxylic acids is 1. The lowest BCUT2D eigenvalue weighted by Gasteiger charge is -2.15. The molecule has 1 aromatic carbocycles. The second kappa shape index (κ2) is 6.36. The monoisotopic (exact) mass is 248 g/mol. The number of esters is 1. The van der Waals surface area contributed by atoms with E-state index >= 15 is 0 Å². The highest BCUT2D eigenvalue weighted by Crippen LogP contribution is 2.28. The predicted octanol–water partition coefficient (Wildman–Crippen LogP) is 2.96. The minimum absolute atomic E-state index is 0.0240. The van der Waals surface area contributed by atoms with Crippen LogP contribution in [0.2, 0.25) is 0 Å². The third-order valence-electron chi connectivity index (χ3n) is 2.93. The quantitative estimate of drug-likeness (QED) is 0.506. The molecule has 18 heavy (non-hydrogen) atoms. The van der Waals surface area contributed by atoms with Gasteiger partial charge in [0.1, 0.15) is 5.75 Å². The van der Waals surface area contributed by atoms with E-state index in [0.29, 0.717) is 11.3 Å². The van der Waals surface area contributed by atoms with Gasteiger partial charge in [0.05, 0.1) is 0 Å². The van der Waals surface area contributed by atoms with Crippen LogP contribution in [0.15, 0.2) is 29.8 Å². The van der Waals surface area contributed by atoms with Crippen molar-refractivity contribution in [2.45, 2.75) is 33.6 Å². The average molecular weight is 248 g/mol.